The molecule has 3 nitrogen and oxygen atoms in total. The van der Waals surface area contributed by atoms with Crippen LogP contribution >= 0.6 is 47.8 Å². The van der Waals surface area contributed by atoms with Crippen LogP contribution < -0.4 is 0 Å². The molecule has 0 aliphatic heterocycles. The lowest BCUT2D eigenvalue weighted by Gasteiger charge is -2.11. The van der Waals surface area contributed by atoms with Crippen molar-refractivity contribution in [1.82, 2.24) is 0 Å². The zero-order valence-electron chi connectivity index (χ0n) is 14.3. The Balaban J connectivity index is 2.19. The number of hydrogen-bond donors (Lipinski definition) is 0. The van der Waals surface area contributed by atoms with Crippen LogP contribution in [0, 0.1) is 0 Å². The van der Waals surface area contributed by atoms with Crippen LogP contribution in [0.15, 0.2) is 96.0 Å². The molecular weight excluding hydrogens is 572 g/mol. The van der Waals surface area contributed by atoms with Gasteiger partial charge in [0.25, 0.3) is 0 Å². The second kappa shape index (κ2) is 8.86. The van der Waals surface area contributed by atoms with E-state index in [1.54, 1.807) is 66.7 Å². The van der Waals surface area contributed by atoms with E-state index in [0.29, 0.717) is 15.6 Å². The predicted octanol–water partition coefficient (Wildman–Crippen LogP) is 6.67. The monoisotopic (exact) mass is 582 g/mol. The third-order valence-electron chi connectivity index (χ3n) is 3.91. The van der Waals surface area contributed by atoms with E-state index in [4.69, 9.17) is 0 Å². The van der Waals surface area contributed by atoms with Gasteiger partial charge in [0, 0.05) is 19.0 Å². The zero-order chi connectivity index (χ0) is 20.3. The molecular formula is C21H13Br3O3S. The zero-order valence-corrected chi connectivity index (χ0v) is 19.8. The molecule has 0 spiro atoms. The maximum atomic E-state index is 13.4. The van der Waals surface area contributed by atoms with Gasteiger partial charge in [-0.3, -0.25) is 4.79 Å². The molecule has 0 aliphatic carbocycles. The molecule has 142 valence electrons. The third kappa shape index (κ3) is 4.71. The van der Waals surface area contributed by atoms with Crippen LogP contribution in [0.3, 0.4) is 0 Å². The van der Waals surface area contributed by atoms with Crippen molar-refractivity contribution in [2.45, 2.75) is 4.90 Å². The molecule has 0 saturated carbocycles. The second-order valence-corrected chi connectivity index (χ2v) is 10.4. The highest BCUT2D eigenvalue weighted by Crippen LogP contribution is 2.30. The van der Waals surface area contributed by atoms with Gasteiger partial charge in [-0.15, -0.1) is 0 Å². The van der Waals surface area contributed by atoms with Crippen LogP contribution in [-0.4, -0.2) is 14.2 Å². The smallest absolute Gasteiger partial charge is 0.211 e. The number of halogens is 3. The first-order valence-electron chi connectivity index (χ1n) is 8.06. The summed E-state index contributed by atoms with van der Waals surface area (Å²) in [5, 5.41) is 0. The molecule has 28 heavy (non-hydrogen) atoms. The number of benzene rings is 3. The van der Waals surface area contributed by atoms with Crippen LogP contribution in [0.5, 0.6) is 0 Å². The fourth-order valence-corrected chi connectivity index (χ4v) is 5.43. The summed E-state index contributed by atoms with van der Waals surface area (Å²) in [4.78, 5) is 12.9. The van der Waals surface area contributed by atoms with E-state index < -0.39 is 15.6 Å². The average Bonchev–Trinajstić information content (AvgIpc) is 2.67. The van der Waals surface area contributed by atoms with Crippen LogP contribution in [0.1, 0.15) is 15.9 Å². The first-order valence-corrected chi connectivity index (χ1v) is 11.9. The maximum absolute atomic E-state index is 13.4. The molecule has 0 radical (unpaired) electrons. The van der Waals surface area contributed by atoms with Gasteiger partial charge < -0.3 is 0 Å². The van der Waals surface area contributed by atoms with Gasteiger partial charge in [0.15, 0.2) is 0 Å². The van der Waals surface area contributed by atoms with E-state index in [1.165, 1.54) is 12.1 Å². The minimum Gasteiger partial charge on any atom is -0.288 e. The molecule has 0 heterocycles. The molecule has 0 fully saturated rings. The lowest BCUT2D eigenvalue weighted by Crippen LogP contribution is -2.15. The van der Waals surface area contributed by atoms with Gasteiger partial charge in [-0.25, -0.2) is 8.42 Å². The summed E-state index contributed by atoms with van der Waals surface area (Å²) in [6, 6.07) is 20.1. The number of ketones is 1. The van der Waals surface area contributed by atoms with Crippen molar-refractivity contribution in [2.75, 3.05) is 0 Å². The number of carbonyl (C=O) groups excluding carboxylic acids is 1. The van der Waals surface area contributed by atoms with Gasteiger partial charge in [0.1, 0.15) is 4.91 Å². The Bertz CT molecular complexity index is 1150. The summed E-state index contributed by atoms with van der Waals surface area (Å²) in [6.07, 6.45) is 1.41. The number of rotatable bonds is 5. The summed E-state index contributed by atoms with van der Waals surface area (Å²) < 4.78 is 28.8. The van der Waals surface area contributed by atoms with Crippen molar-refractivity contribution < 1.29 is 13.2 Å². The van der Waals surface area contributed by atoms with E-state index in [2.05, 4.69) is 47.8 Å². The molecule has 0 N–H and O–H groups in total. The van der Waals surface area contributed by atoms with Crippen LogP contribution in [0.25, 0.3) is 6.08 Å². The van der Waals surface area contributed by atoms with E-state index in [-0.39, 0.29) is 9.80 Å². The topological polar surface area (TPSA) is 51.2 Å². The van der Waals surface area contributed by atoms with Crippen molar-refractivity contribution in [3.8, 4) is 0 Å². The van der Waals surface area contributed by atoms with Gasteiger partial charge in [-0.1, -0.05) is 56.1 Å². The molecule has 0 amide bonds. The number of carbonyl (C=O) groups is 1. The van der Waals surface area contributed by atoms with Crippen molar-refractivity contribution in [2.24, 2.45) is 0 Å². The molecule has 0 atom stereocenters. The highest BCUT2D eigenvalue weighted by Gasteiger charge is 2.29. The lowest BCUT2D eigenvalue weighted by molar-refractivity contribution is 0.104. The van der Waals surface area contributed by atoms with Gasteiger partial charge in [-0.2, -0.15) is 0 Å². The Hall–Kier alpha value is -1.54. The van der Waals surface area contributed by atoms with Crippen LogP contribution in [0.2, 0.25) is 0 Å². The lowest BCUT2D eigenvalue weighted by atomic mass is 10.1. The minimum atomic E-state index is -4.06. The average molecular weight is 585 g/mol. The fraction of sp³-hybridized carbons (Fsp3) is 0. The second-order valence-electron chi connectivity index (χ2n) is 5.83. The molecule has 3 rings (SSSR count). The van der Waals surface area contributed by atoms with Crippen molar-refractivity contribution in [3.05, 3.63) is 102 Å². The van der Waals surface area contributed by atoms with E-state index in [9.17, 15) is 13.2 Å². The van der Waals surface area contributed by atoms with Crippen LogP contribution in [0.4, 0.5) is 0 Å². The fourth-order valence-electron chi connectivity index (χ4n) is 2.50. The first-order chi connectivity index (χ1) is 13.3. The van der Waals surface area contributed by atoms with Crippen molar-refractivity contribution in [1.29, 1.82) is 0 Å². The van der Waals surface area contributed by atoms with Crippen molar-refractivity contribution in [3.63, 3.8) is 0 Å². The molecule has 3 aromatic carbocycles. The van der Waals surface area contributed by atoms with Gasteiger partial charge >= 0.3 is 0 Å². The molecule has 0 bridgehead atoms. The number of sulfone groups is 1. The minimum absolute atomic E-state index is 0.0452. The van der Waals surface area contributed by atoms with Crippen LogP contribution in [-0.2, 0) is 9.84 Å². The van der Waals surface area contributed by atoms with E-state index >= 15 is 0 Å². The SMILES string of the molecule is O=C(/C(=C\c1ccc(Br)cc1)S(=O)(=O)c1ccccc1Br)c1ccc(Br)cc1. The first kappa shape index (κ1) is 21.2. The van der Waals surface area contributed by atoms with E-state index in [1.807, 2.05) is 0 Å². The Morgan fingerprint density at radius 3 is 1.86 bits per heavy atom. The predicted molar refractivity (Wildman–Crippen MR) is 122 cm³/mol. The van der Waals surface area contributed by atoms with Gasteiger partial charge in [-0.05, 0) is 76.1 Å². The third-order valence-corrected chi connectivity index (χ3v) is 7.74. The maximum Gasteiger partial charge on any atom is 0.211 e. The molecule has 0 aliphatic rings. The number of allylic oxidation sites excluding steroid dienone is 1. The quantitative estimate of drug-likeness (QED) is 0.249. The van der Waals surface area contributed by atoms with Crippen molar-refractivity contribution >= 4 is 69.5 Å². The Morgan fingerprint density at radius 1 is 0.750 bits per heavy atom. The summed E-state index contributed by atoms with van der Waals surface area (Å²) in [5.41, 5.74) is 0.904. The molecule has 0 aromatic heterocycles. The molecule has 7 heteroatoms. The highest BCUT2D eigenvalue weighted by atomic mass is 79.9. The normalized spacial score (nSPS) is 12.0. The standard InChI is InChI=1S/C21H13Br3O3S/c22-16-9-5-14(6-10-16)13-20(21(25)15-7-11-17(23)12-8-15)28(26,27)19-4-2-1-3-18(19)24/h1-13H/b20-13+. The Labute approximate surface area is 188 Å². The summed E-state index contributed by atoms with van der Waals surface area (Å²) >= 11 is 9.96. The van der Waals surface area contributed by atoms with Gasteiger partial charge in [0.2, 0.25) is 15.6 Å². The summed E-state index contributed by atoms with van der Waals surface area (Å²) in [7, 11) is -4.06. The number of hydrogen-bond acceptors (Lipinski definition) is 3. The Kier molecular flexibility index (Phi) is 6.70. The molecule has 3 aromatic rings. The molecule has 0 unspecified atom stereocenters. The molecule has 0 saturated heterocycles. The summed E-state index contributed by atoms with van der Waals surface area (Å²) in [6.45, 7) is 0. The Morgan fingerprint density at radius 2 is 1.29 bits per heavy atom. The summed E-state index contributed by atoms with van der Waals surface area (Å²) in [5.74, 6) is -0.564. The number of Topliss-reactive ketones (excluding diaryl/α,β-unsaturated/α-hetero) is 1. The van der Waals surface area contributed by atoms with Gasteiger partial charge in [0.05, 0.1) is 4.90 Å². The largest absolute Gasteiger partial charge is 0.288 e. The highest BCUT2D eigenvalue weighted by molar-refractivity contribution is 9.11. The van der Waals surface area contributed by atoms with E-state index in [0.717, 1.165) is 8.95 Å².